The second kappa shape index (κ2) is 8.23. The van der Waals surface area contributed by atoms with Crippen molar-refractivity contribution in [1.82, 2.24) is 4.98 Å². The van der Waals surface area contributed by atoms with Gasteiger partial charge >= 0.3 is 5.97 Å². The fourth-order valence-corrected chi connectivity index (χ4v) is 3.74. The van der Waals surface area contributed by atoms with Crippen molar-refractivity contribution in [2.45, 2.75) is 26.2 Å². The third kappa shape index (κ3) is 3.79. The Balaban J connectivity index is 2.10. The van der Waals surface area contributed by atoms with Crippen molar-refractivity contribution in [3.63, 3.8) is 0 Å². The van der Waals surface area contributed by atoms with Gasteiger partial charge in [0, 0.05) is 10.0 Å². The maximum absolute atomic E-state index is 12.1. The van der Waals surface area contributed by atoms with Gasteiger partial charge in [-0.25, -0.2) is 9.78 Å². The van der Waals surface area contributed by atoms with Crippen molar-refractivity contribution in [2.75, 3.05) is 13.7 Å². The number of esters is 1. The molecule has 0 atom stereocenters. The zero-order chi connectivity index (χ0) is 18.7. The van der Waals surface area contributed by atoms with E-state index in [4.69, 9.17) is 21.1 Å². The van der Waals surface area contributed by atoms with Gasteiger partial charge in [-0.1, -0.05) is 27.5 Å². The van der Waals surface area contributed by atoms with Crippen molar-refractivity contribution in [3.8, 4) is 5.75 Å². The summed E-state index contributed by atoms with van der Waals surface area (Å²) in [6, 6.07) is 9.52. The molecule has 3 rings (SSSR count). The van der Waals surface area contributed by atoms with Crippen LogP contribution in [0.4, 0.5) is 0 Å². The summed E-state index contributed by atoms with van der Waals surface area (Å²) in [4.78, 5) is 16.6. The molecule has 0 N–H and O–H groups in total. The number of hydrogen-bond donors (Lipinski definition) is 0. The van der Waals surface area contributed by atoms with Crippen molar-refractivity contribution >= 4 is 44.6 Å². The summed E-state index contributed by atoms with van der Waals surface area (Å²) in [6.07, 6.45) is 2.85. The molecule has 0 aliphatic heterocycles. The molecular formula is C20H19BrClNO3. The number of allylic oxidation sites excluding steroid dienone is 2. The van der Waals surface area contributed by atoms with E-state index in [-0.39, 0.29) is 12.3 Å². The quantitative estimate of drug-likeness (QED) is 0.558. The van der Waals surface area contributed by atoms with E-state index in [1.165, 1.54) is 5.57 Å². The van der Waals surface area contributed by atoms with E-state index < -0.39 is 5.97 Å². The minimum atomic E-state index is -0.500. The number of carbonyl (C=O) groups excluding carboxylic acids is 1. The number of pyridine rings is 1. The van der Waals surface area contributed by atoms with Crippen LogP contribution in [0.25, 0.3) is 11.1 Å². The van der Waals surface area contributed by atoms with Crippen LogP contribution in [0.15, 0.2) is 34.8 Å². The van der Waals surface area contributed by atoms with E-state index in [0.29, 0.717) is 5.02 Å². The number of rotatable bonds is 5. The molecule has 0 radical (unpaired) electrons. The predicted octanol–water partition coefficient (Wildman–Crippen LogP) is 5.78. The summed E-state index contributed by atoms with van der Waals surface area (Å²) in [5.41, 5.74) is 4.26. The molecule has 1 aromatic heterocycles. The Morgan fingerprint density at radius 1 is 1.23 bits per heavy atom. The van der Waals surface area contributed by atoms with Gasteiger partial charge in [-0.15, -0.1) is 0 Å². The van der Waals surface area contributed by atoms with E-state index in [2.05, 4.69) is 27.0 Å². The highest BCUT2D eigenvalue weighted by Gasteiger charge is 2.23. The Hall–Kier alpha value is -1.85. The van der Waals surface area contributed by atoms with E-state index >= 15 is 0 Å². The highest BCUT2D eigenvalue weighted by atomic mass is 79.9. The van der Waals surface area contributed by atoms with Gasteiger partial charge in [0.15, 0.2) is 5.69 Å². The number of hydrogen-bond acceptors (Lipinski definition) is 4. The first-order chi connectivity index (χ1) is 12.5. The zero-order valence-corrected chi connectivity index (χ0v) is 17.0. The molecule has 1 aliphatic carbocycles. The average Bonchev–Trinajstić information content (AvgIpc) is 3.11. The summed E-state index contributed by atoms with van der Waals surface area (Å²) < 4.78 is 11.6. The van der Waals surface area contributed by atoms with E-state index in [1.807, 2.05) is 18.2 Å². The minimum absolute atomic E-state index is 0.158. The molecule has 1 aromatic carbocycles. The zero-order valence-electron chi connectivity index (χ0n) is 14.6. The first kappa shape index (κ1) is 18.9. The molecule has 0 unspecified atom stereocenters. The van der Waals surface area contributed by atoms with Gasteiger partial charge in [0.25, 0.3) is 0 Å². The second-order valence-corrected chi connectivity index (χ2v) is 7.23. The van der Waals surface area contributed by atoms with Crippen molar-refractivity contribution in [2.24, 2.45) is 0 Å². The Kier molecular flexibility index (Phi) is 5.99. The van der Waals surface area contributed by atoms with Gasteiger partial charge in [-0.3, -0.25) is 0 Å². The molecule has 0 saturated carbocycles. The molecule has 6 heteroatoms. The van der Waals surface area contributed by atoms with Gasteiger partial charge in [-0.05, 0) is 67.7 Å². The van der Waals surface area contributed by atoms with Gasteiger partial charge in [-0.2, -0.15) is 0 Å². The molecule has 1 heterocycles. The fourth-order valence-electron chi connectivity index (χ4n) is 3.19. The molecule has 2 aromatic rings. The highest BCUT2D eigenvalue weighted by molar-refractivity contribution is 9.10. The summed E-state index contributed by atoms with van der Waals surface area (Å²) in [5.74, 6) is 0.321. The molecule has 0 saturated heterocycles. The Bertz CT molecular complexity index is 879. The third-order valence-corrected chi connectivity index (χ3v) is 5.13. The summed E-state index contributed by atoms with van der Waals surface area (Å²) in [7, 11) is 1.67. The Morgan fingerprint density at radius 2 is 2.00 bits per heavy atom. The van der Waals surface area contributed by atoms with Gasteiger partial charge in [0.1, 0.15) is 5.75 Å². The Labute approximate surface area is 166 Å². The lowest BCUT2D eigenvalue weighted by Crippen LogP contribution is -2.09. The smallest absolute Gasteiger partial charge is 0.358 e. The van der Waals surface area contributed by atoms with Crippen molar-refractivity contribution in [3.05, 3.63) is 56.8 Å². The fraction of sp³-hybridized carbons (Fsp3) is 0.300. The lowest BCUT2D eigenvalue weighted by atomic mass is 9.99. The summed E-state index contributed by atoms with van der Waals surface area (Å²) >= 11 is 9.68. The van der Waals surface area contributed by atoms with E-state index in [1.54, 1.807) is 20.1 Å². The van der Waals surface area contributed by atoms with Crippen LogP contribution in [0.1, 0.15) is 47.9 Å². The van der Waals surface area contributed by atoms with Crippen LogP contribution < -0.4 is 4.74 Å². The number of benzene rings is 1. The number of methoxy groups -OCH3 is 1. The molecule has 0 amide bonds. The predicted molar refractivity (Wildman–Crippen MR) is 107 cm³/mol. The lowest BCUT2D eigenvalue weighted by molar-refractivity contribution is 0.0519. The average molecular weight is 437 g/mol. The largest absolute Gasteiger partial charge is 0.496 e. The first-order valence-corrected chi connectivity index (χ1v) is 9.62. The molecule has 0 fully saturated rings. The summed E-state index contributed by atoms with van der Waals surface area (Å²) in [6.45, 7) is 2.04. The molecule has 26 heavy (non-hydrogen) atoms. The van der Waals surface area contributed by atoms with E-state index in [9.17, 15) is 4.79 Å². The summed E-state index contributed by atoms with van der Waals surface area (Å²) in [5, 5.41) is 0.299. The van der Waals surface area contributed by atoms with Crippen LogP contribution in [0.2, 0.25) is 5.02 Å². The molecular weight excluding hydrogens is 418 g/mol. The molecule has 1 aliphatic rings. The first-order valence-electron chi connectivity index (χ1n) is 8.45. The highest BCUT2D eigenvalue weighted by Crippen LogP contribution is 2.43. The van der Waals surface area contributed by atoms with Crippen molar-refractivity contribution in [1.29, 1.82) is 0 Å². The maximum atomic E-state index is 12.1. The Morgan fingerprint density at radius 3 is 2.73 bits per heavy atom. The van der Waals surface area contributed by atoms with Crippen molar-refractivity contribution < 1.29 is 14.3 Å². The number of ether oxygens (including phenoxy) is 2. The van der Waals surface area contributed by atoms with Crippen LogP contribution in [-0.4, -0.2) is 24.7 Å². The minimum Gasteiger partial charge on any atom is -0.496 e. The van der Waals surface area contributed by atoms with Crippen LogP contribution in [0.5, 0.6) is 5.75 Å². The van der Waals surface area contributed by atoms with Gasteiger partial charge in [0.2, 0.25) is 0 Å². The number of halogens is 2. The number of aromatic nitrogens is 1. The maximum Gasteiger partial charge on any atom is 0.358 e. The van der Waals surface area contributed by atoms with Crippen LogP contribution in [0, 0.1) is 0 Å². The SMILES string of the molecule is CCOC(=O)c1nc(C2=C(c3cc(Br)ccc3OC)CCC2)ccc1Cl. The molecule has 4 nitrogen and oxygen atoms in total. The van der Waals surface area contributed by atoms with Crippen LogP contribution >= 0.6 is 27.5 Å². The lowest BCUT2D eigenvalue weighted by Gasteiger charge is -2.13. The monoisotopic (exact) mass is 435 g/mol. The molecule has 0 spiro atoms. The van der Waals surface area contributed by atoms with Gasteiger partial charge in [0.05, 0.1) is 24.4 Å². The second-order valence-electron chi connectivity index (χ2n) is 5.90. The number of carbonyl (C=O) groups is 1. The van der Waals surface area contributed by atoms with E-state index in [0.717, 1.165) is 46.3 Å². The molecule has 0 bridgehead atoms. The van der Waals surface area contributed by atoms with Crippen LogP contribution in [-0.2, 0) is 4.74 Å². The molecule has 136 valence electrons. The third-order valence-electron chi connectivity index (χ3n) is 4.33. The topological polar surface area (TPSA) is 48.4 Å². The standard InChI is InChI=1S/C20H19BrClNO3/c1-3-26-20(24)19-16(22)8-9-17(23-19)14-6-4-5-13(14)15-11-12(21)7-10-18(15)25-2/h7-11H,3-6H2,1-2H3. The van der Waals surface area contributed by atoms with Gasteiger partial charge < -0.3 is 9.47 Å². The van der Waals surface area contributed by atoms with Crippen LogP contribution in [0.3, 0.4) is 0 Å². The normalized spacial score (nSPS) is 13.8. The number of nitrogens with zero attached hydrogens (tertiary/aromatic N) is 1.